The average Bonchev–Trinajstić information content (AvgIpc) is 1.84. The second kappa shape index (κ2) is 18.9. The van der Waals surface area contributed by atoms with Crippen LogP contribution in [0.15, 0.2) is 315 Å². The number of hydrogen-bond donors (Lipinski definition) is 0. The third-order valence-electron chi connectivity index (χ3n) is 15.4. The average molecular weight is 1010 g/mol. The number of nitrogens with zero attached hydrogens (tertiary/aromatic N) is 2. The minimum atomic E-state index is -3.65. The summed E-state index contributed by atoms with van der Waals surface area (Å²) in [4.78, 5) is 0. The van der Waals surface area contributed by atoms with E-state index in [4.69, 9.17) is 2.74 Å². The first kappa shape index (κ1) is 38.3. The molecular formula is C72H52N2Si2. The Hall–Kier alpha value is -9.33. The Morgan fingerprint density at radius 3 is 1.21 bits per heavy atom. The second-order valence-corrected chi connectivity index (χ2v) is 26.9. The van der Waals surface area contributed by atoms with Crippen LogP contribution in [-0.4, -0.2) is 25.3 Å². The van der Waals surface area contributed by atoms with E-state index in [1.807, 2.05) is 115 Å². The molecule has 0 bridgehead atoms. The van der Waals surface area contributed by atoms with Crippen LogP contribution in [0.2, 0.25) is 0 Å². The minimum absolute atomic E-state index is 0.0376. The van der Waals surface area contributed by atoms with E-state index in [0.29, 0.717) is 10.9 Å². The minimum Gasteiger partial charge on any atom is -0.309 e. The van der Waals surface area contributed by atoms with E-state index in [1.165, 1.54) is 20.7 Å². The Kier molecular flexibility index (Phi) is 9.50. The largest absolute Gasteiger partial charge is 0.309 e. The molecule has 0 fully saturated rings. The molecule has 0 aliphatic rings. The van der Waals surface area contributed by atoms with Gasteiger partial charge in [-0.05, 0) is 101 Å². The Balaban J connectivity index is 1.06. The van der Waals surface area contributed by atoms with Crippen molar-refractivity contribution >= 4 is 101 Å². The van der Waals surface area contributed by atoms with Crippen LogP contribution in [-0.2, 0) is 0 Å². The Morgan fingerprint density at radius 2 is 0.697 bits per heavy atom. The molecule has 0 aliphatic carbocycles. The molecule has 2 heterocycles. The molecule has 0 saturated heterocycles. The predicted molar refractivity (Wildman–Crippen MR) is 328 cm³/mol. The SMILES string of the molecule is [2H]c1c([2H])c([2H])c2c(c1[2H])c1c([2H])c([Si](c3ccccc3)(c3ccccc3)c3ccccc3)c([2H])c([2H])c1n2-c1ccc2c(c1)c1c(-c3ccccc3)cccc1n2-c1ccc([Si](c2ccccc2)(c2ccccc2)c2ccccc2)cc1. The van der Waals surface area contributed by atoms with Gasteiger partial charge in [-0.1, -0.05) is 267 Å². The van der Waals surface area contributed by atoms with Crippen molar-refractivity contribution in [3.63, 3.8) is 0 Å². The summed E-state index contributed by atoms with van der Waals surface area (Å²) in [5.41, 5.74) is 5.69. The van der Waals surface area contributed by atoms with Gasteiger partial charge in [-0.15, -0.1) is 0 Å². The van der Waals surface area contributed by atoms with Crippen LogP contribution in [0.25, 0.3) is 66.1 Å². The molecule has 0 saturated carbocycles. The summed E-state index contributed by atoms with van der Waals surface area (Å²) < 4.78 is 73.1. The Labute approximate surface area is 455 Å². The van der Waals surface area contributed by atoms with Gasteiger partial charge in [-0.25, -0.2) is 0 Å². The summed E-state index contributed by atoms with van der Waals surface area (Å²) in [5.74, 6) is 0. The molecule has 12 aromatic carbocycles. The van der Waals surface area contributed by atoms with Gasteiger partial charge in [0.25, 0.3) is 0 Å². The molecule has 4 heteroatoms. The molecule has 0 aliphatic heterocycles. The van der Waals surface area contributed by atoms with E-state index < -0.39 is 28.2 Å². The highest BCUT2D eigenvalue weighted by molar-refractivity contribution is 7.20. The second-order valence-electron chi connectivity index (χ2n) is 19.4. The van der Waals surface area contributed by atoms with Gasteiger partial charge in [0.2, 0.25) is 0 Å². The Morgan fingerprint density at radius 1 is 0.276 bits per heavy atom. The molecule has 0 unspecified atom stereocenters. The van der Waals surface area contributed by atoms with Crippen LogP contribution in [0, 0.1) is 0 Å². The smallest absolute Gasteiger partial charge is 0.179 e. The first-order valence-corrected chi connectivity index (χ1v) is 29.8. The zero-order valence-electron chi connectivity index (χ0n) is 48.4. The molecule has 0 atom stereocenters. The highest BCUT2D eigenvalue weighted by atomic mass is 28.3. The molecule has 14 aromatic rings. The monoisotopic (exact) mass is 1010 g/mol. The van der Waals surface area contributed by atoms with Gasteiger partial charge >= 0.3 is 0 Å². The molecule has 0 amide bonds. The van der Waals surface area contributed by atoms with Crippen molar-refractivity contribution in [2.75, 3.05) is 0 Å². The molecule has 0 N–H and O–H groups in total. The number of hydrogen-bond acceptors (Lipinski definition) is 0. The molecule has 2 aromatic heterocycles. The summed E-state index contributed by atoms with van der Waals surface area (Å²) >= 11 is 0. The number of benzene rings is 12. The number of aromatic nitrogens is 2. The fraction of sp³-hybridized carbons (Fsp3) is 0. The van der Waals surface area contributed by atoms with Gasteiger partial charge < -0.3 is 9.13 Å². The maximum atomic E-state index is 10.7. The van der Waals surface area contributed by atoms with Crippen molar-refractivity contribution in [1.29, 1.82) is 0 Å². The van der Waals surface area contributed by atoms with Crippen molar-refractivity contribution in [3.8, 4) is 22.5 Å². The lowest BCUT2D eigenvalue weighted by Crippen LogP contribution is -2.74. The van der Waals surface area contributed by atoms with Crippen molar-refractivity contribution in [2.45, 2.75) is 0 Å². The van der Waals surface area contributed by atoms with Crippen LogP contribution in [0.5, 0.6) is 0 Å². The molecule has 2 nitrogen and oxygen atoms in total. The number of rotatable bonds is 11. The zero-order chi connectivity index (χ0) is 56.6. The van der Waals surface area contributed by atoms with Gasteiger partial charge in [-0.2, -0.15) is 0 Å². The van der Waals surface area contributed by atoms with E-state index in [2.05, 4.69) is 162 Å². The molecule has 0 radical (unpaired) electrons. The standard InChI is InChI=1S/C72H52N2Si2/c1-8-25-53(26-9-1)64-40-24-42-71-72(64)67-51-55(45-49-70(67)73(71)54-43-46-62(47-44-54)75(56-27-10-2-11-28-56,57-29-12-3-13-30-57)58-31-14-4-15-32-58)74-68-41-23-22-39-65(68)66-52-63(48-50-69(66)74)76(59-33-16-5-17-34-59,60-35-18-6-19-36-60)61-37-20-7-21-38-61/h1-52H/i22D,23D,39D,41D,48D,50D,52D. The first-order chi connectivity index (χ1) is 40.6. The van der Waals surface area contributed by atoms with Gasteiger partial charge in [0.1, 0.15) is 0 Å². The number of fused-ring (bicyclic) bond motifs is 6. The summed E-state index contributed by atoms with van der Waals surface area (Å²) in [6, 6.07) is 92.7. The van der Waals surface area contributed by atoms with E-state index >= 15 is 0 Å². The van der Waals surface area contributed by atoms with E-state index in [-0.39, 0.29) is 52.0 Å². The van der Waals surface area contributed by atoms with Gasteiger partial charge in [-0.3, -0.25) is 0 Å². The quantitative estimate of drug-likeness (QED) is 0.0903. The highest BCUT2D eigenvalue weighted by Gasteiger charge is 2.43. The van der Waals surface area contributed by atoms with Crippen molar-refractivity contribution in [2.24, 2.45) is 0 Å². The maximum absolute atomic E-state index is 10.7. The number of para-hydroxylation sites is 1. The van der Waals surface area contributed by atoms with Gasteiger partial charge in [0.05, 0.1) is 31.7 Å². The fourth-order valence-corrected chi connectivity index (χ4v) is 21.5. The normalized spacial score (nSPS) is 13.2. The summed E-state index contributed by atoms with van der Waals surface area (Å²) in [6.45, 7) is 0. The molecule has 76 heavy (non-hydrogen) atoms. The maximum Gasteiger partial charge on any atom is 0.179 e. The Bertz CT molecular complexity index is 4580. The van der Waals surface area contributed by atoms with Crippen LogP contribution in [0.1, 0.15) is 9.60 Å². The summed E-state index contributed by atoms with van der Waals surface area (Å²) in [6.07, 6.45) is 0. The lowest BCUT2D eigenvalue weighted by Gasteiger charge is -2.34. The van der Waals surface area contributed by atoms with E-state index in [0.717, 1.165) is 54.2 Å². The van der Waals surface area contributed by atoms with E-state index in [1.54, 1.807) is 4.57 Å². The van der Waals surface area contributed by atoms with Gasteiger partial charge in [0.15, 0.2) is 16.1 Å². The van der Waals surface area contributed by atoms with Crippen LogP contribution < -0.4 is 41.5 Å². The summed E-state index contributed by atoms with van der Waals surface area (Å²) in [7, 11) is -6.50. The topological polar surface area (TPSA) is 9.86 Å². The van der Waals surface area contributed by atoms with Crippen molar-refractivity contribution in [3.05, 3.63) is 315 Å². The lowest BCUT2D eigenvalue weighted by atomic mass is 9.99. The van der Waals surface area contributed by atoms with Crippen molar-refractivity contribution < 1.29 is 9.60 Å². The predicted octanol–water partition coefficient (Wildman–Crippen LogP) is 12.3. The van der Waals surface area contributed by atoms with Crippen LogP contribution in [0.4, 0.5) is 0 Å². The zero-order valence-corrected chi connectivity index (χ0v) is 43.4. The first-order valence-electron chi connectivity index (χ1n) is 29.3. The van der Waals surface area contributed by atoms with Crippen LogP contribution in [0.3, 0.4) is 0 Å². The third kappa shape index (κ3) is 7.14. The fourth-order valence-electron chi connectivity index (χ4n) is 12.2. The summed E-state index contributed by atoms with van der Waals surface area (Å²) in [5, 5.41) is 10.4. The lowest BCUT2D eigenvalue weighted by molar-refractivity contribution is 1.17. The molecule has 14 rings (SSSR count). The van der Waals surface area contributed by atoms with E-state index in [9.17, 15) is 6.85 Å². The molecule has 358 valence electrons. The van der Waals surface area contributed by atoms with Crippen LogP contribution >= 0.6 is 0 Å². The highest BCUT2D eigenvalue weighted by Crippen LogP contribution is 2.41. The molecular weight excluding hydrogens is 949 g/mol. The van der Waals surface area contributed by atoms with Gasteiger partial charge in [0, 0.05) is 32.9 Å². The molecule has 0 spiro atoms. The van der Waals surface area contributed by atoms with Crippen molar-refractivity contribution in [1.82, 2.24) is 9.13 Å². The third-order valence-corrected chi connectivity index (χ3v) is 24.8.